The van der Waals surface area contributed by atoms with Crippen LogP contribution in [0.4, 0.5) is 0 Å². The lowest BCUT2D eigenvalue weighted by Gasteiger charge is -2.33. The van der Waals surface area contributed by atoms with E-state index < -0.39 is 10.0 Å². The predicted octanol–water partition coefficient (Wildman–Crippen LogP) is -0.132. The summed E-state index contributed by atoms with van der Waals surface area (Å²) in [5.41, 5.74) is 0. The van der Waals surface area contributed by atoms with Gasteiger partial charge < -0.3 is 10.2 Å². The first-order chi connectivity index (χ1) is 9.36. The van der Waals surface area contributed by atoms with E-state index in [4.69, 9.17) is 0 Å². The topological polar surface area (TPSA) is 69.7 Å². The van der Waals surface area contributed by atoms with Gasteiger partial charge >= 0.3 is 0 Å². The quantitative estimate of drug-likeness (QED) is 0.788. The van der Waals surface area contributed by atoms with Crippen molar-refractivity contribution in [1.82, 2.24) is 14.5 Å². The Kier molecular flexibility index (Phi) is 5.04. The molecule has 20 heavy (non-hydrogen) atoms. The lowest BCUT2D eigenvalue weighted by Crippen LogP contribution is -2.49. The van der Waals surface area contributed by atoms with Crippen LogP contribution in [-0.2, 0) is 14.8 Å². The number of piperidine rings is 2. The van der Waals surface area contributed by atoms with Gasteiger partial charge in [-0.3, -0.25) is 4.79 Å². The van der Waals surface area contributed by atoms with Crippen molar-refractivity contribution in [2.75, 3.05) is 39.5 Å². The summed E-state index contributed by atoms with van der Waals surface area (Å²) in [6.07, 6.45) is 4.71. The van der Waals surface area contributed by atoms with E-state index in [0.29, 0.717) is 13.1 Å². The first-order valence-corrected chi connectivity index (χ1v) is 9.15. The third kappa shape index (κ3) is 4.17. The summed E-state index contributed by atoms with van der Waals surface area (Å²) in [5.74, 6) is -0.175. The fraction of sp³-hybridized carbons (Fsp3) is 0.923. The normalized spacial score (nSPS) is 27.4. The van der Waals surface area contributed by atoms with Gasteiger partial charge in [0.2, 0.25) is 15.9 Å². The molecule has 0 aromatic rings. The third-order valence-electron chi connectivity index (χ3n) is 4.29. The van der Waals surface area contributed by atoms with Gasteiger partial charge in [0.15, 0.2) is 0 Å². The second-order valence-electron chi connectivity index (χ2n) is 6.05. The molecular weight excluding hydrogens is 278 g/mol. The van der Waals surface area contributed by atoms with Crippen molar-refractivity contribution < 1.29 is 13.2 Å². The van der Waals surface area contributed by atoms with Crippen LogP contribution in [-0.4, -0.2) is 69.1 Å². The van der Waals surface area contributed by atoms with E-state index in [2.05, 4.69) is 17.3 Å². The van der Waals surface area contributed by atoms with Gasteiger partial charge in [-0.1, -0.05) is 0 Å². The number of nitrogens with zero attached hydrogens (tertiary/aromatic N) is 2. The van der Waals surface area contributed by atoms with Crippen LogP contribution in [0.25, 0.3) is 0 Å². The highest BCUT2D eigenvalue weighted by Crippen LogP contribution is 2.19. The first kappa shape index (κ1) is 15.7. The maximum absolute atomic E-state index is 12.3. The molecule has 1 unspecified atom stereocenters. The predicted molar refractivity (Wildman–Crippen MR) is 77.8 cm³/mol. The van der Waals surface area contributed by atoms with E-state index >= 15 is 0 Å². The SMILES string of the molecule is CN1CCC(NC(=O)C2CCCN(S(C)(=O)=O)C2)CC1. The molecule has 0 saturated carbocycles. The molecule has 1 amide bonds. The monoisotopic (exact) mass is 303 g/mol. The van der Waals surface area contributed by atoms with E-state index in [0.717, 1.165) is 38.8 Å². The molecule has 0 aromatic heterocycles. The van der Waals surface area contributed by atoms with Crippen LogP contribution in [0.5, 0.6) is 0 Å². The molecule has 0 aliphatic carbocycles. The van der Waals surface area contributed by atoms with Gasteiger partial charge in [-0.05, 0) is 45.8 Å². The molecule has 2 heterocycles. The Morgan fingerprint density at radius 2 is 1.80 bits per heavy atom. The summed E-state index contributed by atoms with van der Waals surface area (Å²) >= 11 is 0. The number of rotatable bonds is 3. The molecule has 0 radical (unpaired) electrons. The van der Waals surface area contributed by atoms with Crippen molar-refractivity contribution in [1.29, 1.82) is 0 Å². The van der Waals surface area contributed by atoms with E-state index in [1.807, 2.05) is 0 Å². The number of carbonyl (C=O) groups is 1. The van der Waals surface area contributed by atoms with Crippen LogP contribution in [0.1, 0.15) is 25.7 Å². The van der Waals surface area contributed by atoms with Gasteiger partial charge in [0.05, 0.1) is 12.2 Å². The molecule has 1 atom stereocenters. The second kappa shape index (κ2) is 6.41. The van der Waals surface area contributed by atoms with Crippen molar-refractivity contribution in [3.05, 3.63) is 0 Å². The van der Waals surface area contributed by atoms with Crippen LogP contribution in [0.15, 0.2) is 0 Å². The number of carbonyl (C=O) groups excluding carboxylic acids is 1. The van der Waals surface area contributed by atoms with Crippen molar-refractivity contribution in [3.63, 3.8) is 0 Å². The molecule has 2 aliphatic rings. The Morgan fingerprint density at radius 1 is 1.15 bits per heavy atom. The largest absolute Gasteiger partial charge is 0.353 e. The first-order valence-electron chi connectivity index (χ1n) is 7.30. The molecular formula is C13H25N3O3S. The molecule has 1 N–H and O–H groups in total. The van der Waals surface area contributed by atoms with Gasteiger partial charge in [-0.15, -0.1) is 0 Å². The second-order valence-corrected chi connectivity index (χ2v) is 8.03. The molecule has 0 spiro atoms. The van der Waals surface area contributed by atoms with Crippen LogP contribution in [0.3, 0.4) is 0 Å². The minimum atomic E-state index is -3.19. The van der Waals surface area contributed by atoms with Crippen molar-refractivity contribution in [2.45, 2.75) is 31.7 Å². The number of nitrogens with one attached hydrogen (secondary N) is 1. The molecule has 7 heteroatoms. The maximum Gasteiger partial charge on any atom is 0.224 e. The minimum Gasteiger partial charge on any atom is -0.353 e. The fourth-order valence-corrected chi connectivity index (χ4v) is 3.84. The maximum atomic E-state index is 12.3. The molecule has 0 bridgehead atoms. The zero-order chi connectivity index (χ0) is 14.8. The van der Waals surface area contributed by atoms with Crippen LogP contribution in [0.2, 0.25) is 0 Å². The van der Waals surface area contributed by atoms with Gasteiger partial charge in [0, 0.05) is 19.1 Å². The zero-order valence-electron chi connectivity index (χ0n) is 12.3. The lowest BCUT2D eigenvalue weighted by molar-refractivity contribution is -0.127. The summed E-state index contributed by atoms with van der Waals surface area (Å²) in [7, 11) is -1.10. The van der Waals surface area contributed by atoms with Gasteiger partial charge in [-0.25, -0.2) is 12.7 Å². The number of hydrogen-bond donors (Lipinski definition) is 1. The number of amides is 1. The summed E-state index contributed by atoms with van der Waals surface area (Å²) in [5, 5.41) is 3.09. The Labute approximate surface area is 121 Å². The minimum absolute atomic E-state index is 0.0212. The van der Waals surface area contributed by atoms with E-state index in [1.54, 1.807) is 0 Å². The zero-order valence-corrected chi connectivity index (χ0v) is 13.2. The van der Waals surface area contributed by atoms with Crippen LogP contribution in [0, 0.1) is 5.92 Å². The van der Waals surface area contributed by atoms with E-state index in [1.165, 1.54) is 10.6 Å². The fourth-order valence-electron chi connectivity index (χ4n) is 2.93. The van der Waals surface area contributed by atoms with E-state index in [-0.39, 0.29) is 17.9 Å². The number of hydrogen-bond acceptors (Lipinski definition) is 4. The number of likely N-dealkylation sites (tertiary alicyclic amines) is 1. The summed E-state index contributed by atoms with van der Waals surface area (Å²) in [6, 6.07) is 0.243. The highest BCUT2D eigenvalue weighted by molar-refractivity contribution is 7.88. The molecule has 0 aromatic carbocycles. The lowest BCUT2D eigenvalue weighted by atomic mass is 9.97. The van der Waals surface area contributed by atoms with Gasteiger partial charge in [0.25, 0.3) is 0 Å². The average Bonchev–Trinajstić information content (AvgIpc) is 2.40. The van der Waals surface area contributed by atoms with Crippen molar-refractivity contribution in [2.24, 2.45) is 5.92 Å². The molecule has 2 saturated heterocycles. The Morgan fingerprint density at radius 3 is 2.40 bits per heavy atom. The van der Waals surface area contributed by atoms with Crippen molar-refractivity contribution in [3.8, 4) is 0 Å². The van der Waals surface area contributed by atoms with Gasteiger partial charge in [-0.2, -0.15) is 0 Å². The van der Waals surface area contributed by atoms with Crippen LogP contribution >= 0.6 is 0 Å². The standard InChI is InChI=1S/C13H25N3O3S/c1-15-8-5-12(6-9-15)14-13(17)11-4-3-7-16(10-11)20(2,18)19/h11-12H,3-10H2,1-2H3,(H,14,17). The van der Waals surface area contributed by atoms with Crippen LogP contribution < -0.4 is 5.32 Å². The summed E-state index contributed by atoms with van der Waals surface area (Å²) in [4.78, 5) is 14.5. The Bertz CT molecular complexity index is 444. The Hall–Kier alpha value is -0.660. The summed E-state index contributed by atoms with van der Waals surface area (Å²) in [6.45, 7) is 2.88. The highest BCUT2D eigenvalue weighted by Gasteiger charge is 2.31. The molecule has 2 rings (SSSR count). The van der Waals surface area contributed by atoms with Gasteiger partial charge in [0.1, 0.15) is 0 Å². The molecule has 2 fully saturated rings. The molecule has 2 aliphatic heterocycles. The van der Waals surface area contributed by atoms with Crippen molar-refractivity contribution >= 4 is 15.9 Å². The molecule has 6 nitrogen and oxygen atoms in total. The Balaban J connectivity index is 1.86. The highest BCUT2D eigenvalue weighted by atomic mass is 32.2. The van der Waals surface area contributed by atoms with E-state index in [9.17, 15) is 13.2 Å². The average molecular weight is 303 g/mol. The molecule has 116 valence electrons. The third-order valence-corrected chi connectivity index (χ3v) is 5.56. The smallest absolute Gasteiger partial charge is 0.224 e. The summed E-state index contributed by atoms with van der Waals surface area (Å²) < 4.78 is 24.6. The number of sulfonamides is 1.